The molecule has 0 amide bonds. The van der Waals surface area contributed by atoms with Crippen molar-refractivity contribution in [1.82, 2.24) is 5.32 Å². The number of methoxy groups -OCH3 is 1. The fraction of sp³-hybridized carbons (Fsp3) is 0.333. The molecule has 0 aliphatic carbocycles. The number of hydrogen-bond donors (Lipinski definition) is 1. The van der Waals surface area contributed by atoms with Gasteiger partial charge in [0.25, 0.3) is 0 Å². The standard InChI is InChI=1S/C15H19NOS/c1-3-10-16-15(14-9-6-11-18-14)12-7-4-5-8-13(12)17-2/h4-9,11,15-16H,3,10H2,1-2H3. The number of thiophene rings is 1. The zero-order valence-electron chi connectivity index (χ0n) is 10.8. The molecular weight excluding hydrogens is 242 g/mol. The minimum absolute atomic E-state index is 0.223. The van der Waals surface area contributed by atoms with Gasteiger partial charge in [-0.15, -0.1) is 11.3 Å². The Balaban J connectivity index is 2.33. The molecule has 0 spiro atoms. The number of benzene rings is 1. The smallest absolute Gasteiger partial charge is 0.124 e. The first-order valence-corrected chi connectivity index (χ1v) is 7.14. The molecule has 0 saturated heterocycles. The molecule has 3 heteroatoms. The summed E-state index contributed by atoms with van der Waals surface area (Å²) in [5.74, 6) is 0.944. The Labute approximate surface area is 113 Å². The molecule has 2 rings (SSSR count). The van der Waals surface area contributed by atoms with Crippen LogP contribution in [0.15, 0.2) is 41.8 Å². The van der Waals surface area contributed by atoms with E-state index in [4.69, 9.17) is 4.74 Å². The van der Waals surface area contributed by atoms with Gasteiger partial charge in [-0.25, -0.2) is 0 Å². The van der Waals surface area contributed by atoms with E-state index in [1.807, 2.05) is 12.1 Å². The van der Waals surface area contributed by atoms with E-state index >= 15 is 0 Å². The van der Waals surface area contributed by atoms with Gasteiger partial charge in [0.15, 0.2) is 0 Å². The highest BCUT2D eigenvalue weighted by Gasteiger charge is 2.17. The molecule has 2 aromatic rings. The Bertz CT molecular complexity index is 467. The molecule has 0 radical (unpaired) electrons. The lowest BCUT2D eigenvalue weighted by atomic mass is 10.0. The maximum Gasteiger partial charge on any atom is 0.124 e. The zero-order chi connectivity index (χ0) is 12.8. The van der Waals surface area contributed by atoms with Gasteiger partial charge in [-0.05, 0) is 30.5 Å². The normalized spacial score (nSPS) is 12.3. The topological polar surface area (TPSA) is 21.3 Å². The predicted octanol–water partition coefficient (Wildman–Crippen LogP) is 3.85. The van der Waals surface area contributed by atoms with E-state index in [-0.39, 0.29) is 6.04 Å². The lowest BCUT2D eigenvalue weighted by Crippen LogP contribution is -2.22. The van der Waals surface area contributed by atoms with Crippen molar-refractivity contribution in [2.24, 2.45) is 0 Å². The molecule has 1 N–H and O–H groups in total. The van der Waals surface area contributed by atoms with Crippen LogP contribution < -0.4 is 10.1 Å². The molecule has 1 aromatic carbocycles. The van der Waals surface area contributed by atoms with Crippen LogP contribution in [0, 0.1) is 0 Å². The van der Waals surface area contributed by atoms with E-state index in [1.165, 1.54) is 10.4 Å². The van der Waals surface area contributed by atoms with Crippen LogP contribution in [0.25, 0.3) is 0 Å². The summed E-state index contributed by atoms with van der Waals surface area (Å²) < 4.78 is 5.47. The molecule has 1 atom stereocenters. The average Bonchev–Trinajstić information content (AvgIpc) is 2.94. The van der Waals surface area contributed by atoms with E-state index < -0.39 is 0 Å². The molecular formula is C15H19NOS. The minimum atomic E-state index is 0.223. The summed E-state index contributed by atoms with van der Waals surface area (Å²) in [6.45, 7) is 3.18. The maximum atomic E-state index is 5.47. The number of hydrogen-bond acceptors (Lipinski definition) is 3. The second-order valence-electron chi connectivity index (χ2n) is 4.14. The molecule has 0 bridgehead atoms. The van der Waals surface area contributed by atoms with E-state index in [0.29, 0.717) is 0 Å². The minimum Gasteiger partial charge on any atom is -0.496 e. The summed E-state index contributed by atoms with van der Waals surface area (Å²) in [6.07, 6.45) is 1.12. The van der Waals surface area contributed by atoms with Crippen LogP contribution in [0.3, 0.4) is 0 Å². The van der Waals surface area contributed by atoms with Gasteiger partial charge < -0.3 is 10.1 Å². The van der Waals surface area contributed by atoms with E-state index in [0.717, 1.165) is 18.7 Å². The van der Waals surface area contributed by atoms with Gasteiger partial charge in [-0.2, -0.15) is 0 Å². The first-order chi connectivity index (χ1) is 8.86. The summed E-state index contributed by atoms with van der Waals surface area (Å²) in [4.78, 5) is 1.33. The van der Waals surface area contributed by atoms with E-state index in [9.17, 15) is 0 Å². The van der Waals surface area contributed by atoms with Gasteiger partial charge in [0.2, 0.25) is 0 Å². The van der Waals surface area contributed by atoms with Crippen LogP contribution in [-0.2, 0) is 0 Å². The van der Waals surface area contributed by atoms with Crippen molar-refractivity contribution >= 4 is 11.3 Å². The Morgan fingerprint density at radius 3 is 2.72 bits per heavy atom. The molecule has 18 heavy (non-hydrogen) atoms. The molecule has 0 fully saturated rings. The van der Waals surface area contributed by atoms with Crippen LogP contribution in [0.5, 0.6) is 5.75 Å². The first-order valence-electron chi connectivity index (χ1n) is 6.26. The summed E-state index contributed by atoms with van der Waals surface area (Å²) in [6, 6.07) is 12.7. The summed E-state index contributed by atoms with van der Waals surface area (Å²) in [5.41, 5.74) is 1.20. The fourth-order valence-corrected chi connectivity index (χ4v) is 2.83. The number of nitrogens with one attached hydrogen (secondary N) is 1. The van der Waals surface area contributed by atoms with Crippen LogP contribution in [0.4, 0.5) is 0 Å². The van der Waals surface area contributed by atoms with Gasteiger partial charge in [-0.1, -0.05) is 31.2 Å². The third-order valence-corrected chi connectivity index (χ3v) is 3.81. The van der Waals surface area contributed by atoms with Gasteiger partial charge >= 0.3 is 0 Å². The summed E-state index contributed by atoms with van der Waals surface area (Å²) in [5, 5.41) is 5.71. The Morgan fingerprint density at radius 1 is 1.22 bits per heavy atom. The van der Waals surface area contributed by atoms with Gasteiger partial charge in [-0.3, -0.25) is 0 Å². The lowest BCUT2D eigenvalue weighted by molar-refractivity contribution is 0.404. The van der Waals surface area contributed by atoms with Crippen molar-refractivity contribution in [1.29, 1.82) is 0 Å². The van der Waals surface area contributed by atoms with Crippen LogP contribution in [-0.4, -0.2) is 13.7 Å². The predicted molar refractivity (Wildman–Crippen MR) is 77.4 cm³/mol. The Kier molecular flexibility index (Phi) is 4.79. The van der Waals surface area contributed by atoms with Crippen molar-refractivity contribution in [2.45, 2.75) is 19.4 Å². The van der Waals surface area contributed by atoms with Crippen molar-refractivity contribution in [3.8, 4) is 5.75 Å². The van der Waals surface area contributed by atoms with Crippen molar-refractivity contribution in [2.75, 3.05) is 13.7 Å². The van der Waals surface area contributed by atoms with Crippen LogP contribution in [0.2, 0.25) is 0 Å². The lowest BCUT2D eigenvalue weighted by Gasteiger charge is -2.20. The van der Waals surface area contributed by atoms with Crippen molar-refractivity contribution in [3.05, 3.63) is 52.2 Å². The fourth-order valence-electron chi connectivity index (χ4n) is 2.01. The van der Waals surface area contributed by atoms with Gasteiger partial charge in [0.1, 0.15) is 5.75 Å². The highest BCUT2D eigenvalue weighted by Crippen LogP contribution is 2.32. The summed E-state index contributed by atoms with van der Waals surface area (Å²) >= 11 is 1.78. The van der Waals surface area contributed by atoms with Gasteiger partial charge in [0.05, 0.1) is 13.2 Å². The molecule has 96 valence electrons. The van der Waals surface area contributed by atoms with Crippen LogP contribution in [0.1, 0.15) is 29.8 Å². The molecule has 0 aliphatic heterocycles. The van der Waals surface area contributed by atoms with Crippen molar-refractivity contribution < 1.29 is 4.74 Å². The number of rotatable bonds is 6. The second-order valence-corrected chi connectivity index (χ2v) is 5.12. The molecule has 2 nitrogen and oxygen atoms in total. The molecule has 0 aliphatic rings. The zero-order valence-corrected chi connectivity index (χ0v) is 11.7. The second kappa shape index (κ2) is 6.57. The number of para-hydroxylation sites is 1. The average molecular weight is 261 g/mol. The monoisotopic (exact) mass is 261 g/mol. The Morgan fingerprint density at radius 2 is 2.06 bits per heavy atom. The first kappa shape index (κ1) is 13.1. The molecule has 1 aromatic heterocycles. The highest BCUT2D eigenvalue weighted by molar-refractivity contribution is 7.10. The van der Waals surface area contributed by atoms with E-state index in [1.54, 1.807) is 18.4 Å². The van der Waals surface area contributed by atoms with Gasteiger partial charge in [0, 0.05) is 10.4 Å². The maximum absolute atomic E-state index is 5.47. The summed E-state index contributed by atoms with van der Waals surface area (Å²) in [7, 11) is 1.73. The third-order valence-electron chi connectivity index (χ3n) is 2.88. The number of ether oxygens (including phenoxy) is 1. The molecule has 1 heterocycles. The van der Waals surface area contributed by atoms with E-state index in [2.05, 4.69) is 41.9 Å². The SMILES string of the molecule is CCCNC(c1cccs1)c1ccccc1OC. The quantitative estimate of drug-likeness (QED) is 0.853. The Hall–Kier alpha value is -1.32. The molecule has 0 saturated carbocycles. The highest BCUT2D eigenvalue weighted by atomic mass is 32.1. The van der Waals surface area contributed by atoms with Crippen molar-refractivity contribution in [3.63, 3.8) is 0 Å². The third kappa shape index (κ3) is 2.92. The van der Waals surface area contributed by atoms with Crippen LogP contribution >= 0.6 is 11.3 Å². The molecule has 1 unspecified atom stereocenters. The largest absolute Gasteiger partial charge is 0.496 e.